The Balaban J connectivity index is 1.61. The molecule has 0 radical (unpaired) electrons. The minimum Gasteiger partial charge on any atom is -0.275 e. The van der Waals surface area contributed by atoms with Crippen molar-refractivity contribution in [2.24, 2.45) is 7.05 Å². The molecule has 1 heterocycles. The second kappa shape index (κ2) is 7.39. The molecule has 2 aromatic carbocycles. The summed E-state index contributed by atoms with van der Waals surface area (Å²) in [6, 6.07) is 14.4. The first kappa shape index (κ1) is 17.7. The number of nitrogens with one attached hydrogen (secondary N) is 1. The monoisotopic (exact) mass is 375 g/mol. The summed E-state index contributed by atoms with van der Waals surface area (Å²) in [5.41, 5.74) is 3.18. The van der Waals surface area contributed by atoms with E-state index in [0.717, 1.165) is 16.7 Å². The Bertz CT molecular complexity index is 966. The second-order valence-corrected chi connectivity index (χ2v) is 7.82. The first-order chi connectivity index (χ1) is 12.0. The van der Waals surface area contributed by atoms with Gasteiger partial charge in [-0.3, -0.25) is 4.68 Å². The van der Waals surface area contributed by atoms with E-state index in [2.05, 4.69) is 9.82 Å². The molecular formula is C18H18ClN3O2S. The Kier molecular flexibility index (Phi) is 5.22. The van der Waals surface area contributed by atoms with Gasteiger partial charge in [0.05, 0.1) is 11.2 Å². The van der Waals surface area contributed by atoms with Crippen LogP contribution < -0.4 is 4.72 Å². The number of hydrogen-bond donors (Lipinski definition) is 1. The minimum absolute atomic E-state index is 0.101. The number of sulfonamides is 1. The molecule has 130 valence electrons. The average Bonchev–Trinajstić information content (AvgIpc) is 3.02. The fourth-order valence-corrected chi connectivity index (χ4v) is 4.05. The third-order valence-electron chi connectivity index (χ3n) is 3.82. The number of nitrogens with zero attached hydrogens (tertiary/aromatic N) is 2. The molecule has 1 aromatic heterocycles. The minimum atomic E-state index is -3.60. The quantitative estimate of drug-likeness (QED) is 0.719. The summed E-state index contributed by atoms with van der Waals surface area (Å²) in [6.45, 7) is 0.305. The second-order valence-electron chi connectivity index (χ2n) is 5.68. The van der Waals surface area contributed by atoms with E-state index in [1.54, 1.807) is 22.9 Å². The van der Waals surface area contributed by atoms with E-state index in [9.17, 15) is 8.42 Å². The molecule has 0 bridgehead atoms. The highest BCUT2D eigenvalue weighted by Crippen LogP contribution is 2.21. The third kappa shape index (κ3) is 4.28. The van der Waals surface area contributed by atoms with Crippen LogP contribution in [0.4, 0.5) is 0 Å². The van der Waals surface area contributed by atoms with E-state index in [-0.39, 0.29) is 9.92 Å². The number of aromatic nitrogens is 2. The van der Waals surface area contributed by atoms with Gasteiger partial charge < -0.3 is 0 Å². The standard InChI is InChI=1S/C18H18ClN3O2S/c1-22-13-16(12-20-22)15-8-6-14(7-9-15)10-11-21-25(23,24)18-5-3-2-4-17(18)19/h2-9,12-13,21H,10-11H2,1H3. The molecule has 1 N–H and O–H groups in total. The van der Waals surface area contributed by atoms with Gasteiger partial charge in [-0.25, -0.2) is 13.1 Å². The van der Waals surface area contributed by atoms with E-state index < -0.39 is 10.0 Å². The first-order valence-electron chi connectivity index (χ1n) is 7.78. The molecule has 0 aliphatic carbocycles. The molecule has 25 heavy (non-hydrogen) atoms. The van der Waals surface area contributed by atoms with Crippen LogP contribution in [-0.4, -0.2) is 24.7 Å². The van der Waals surface area contributed by atoms with Gasteiger partial charge in [0.25, 0.3) is 0 Å². The van der Waals surface area contributed by atoms with Crippen LogP contribution in [0.25, 0.3) is 11.1 Å². The maximum atomic E-state index is 12.3. The molecule has 0 aliphatic rings. The molecule has 0 atom stereocenters. The third-order valence-corrected chi connectivity index (χ3v) is 5.78. The number of rotatable bonds is 6. The van der Waals surface area contributed by atoms with E-state index >= 15 is 0 Å². The predicted molar refractivity (Wildman–Crippen MR) is 99.0 cm³/mol. The number of aryl methyl sites for hydroxylation is 1. The van der Waals surface area contributed by atoms with Gasteiger partial charge in [-0.2, -0.15) is 5.10 Å². The molecule has 7 heteroatoms. The molecule has 0 aliphatic heterocycles. The Morgan fingerprint density at radius 1 is 1.08 bits per heavy atom. The van der Waals surface area contributed by atoms with Gasteiger partial charge in [-0.1, -0.05) is 48.0 Å². The van der Waals surface area contributed by atoms with E-state index in [1.807, 2.05) is 43.7 Å². The first-order valence-corrected chi connectivity index (χ1v) is 9.64. The smallest absolute Gasteiger partial charge is 0.242 e. The van der Waals surface area contributed by atoms with Crippen LogP contribution in [0.1, 0.15) is 5.56 Å². The Morgan fingerprint density at radius 3 is 2.44 bits per heavy atom. The van der Waals surface area contributed by atoms with Crippen LogP contribution in [0.5, 0.6) is 0 Å². The van der Waals surface area contributed by atoms with Crippen molar-refractivity contribution in [2.75, 3.05) is 6.54 Å². The normalized spacial score (nSPS) is 11.6. The zero-order chi connectivity index (χ0) is 17.9. The van der Waals surface area contributed by atoms with Crippen LogP contribution in [-0.2, 0) is 23.5 Å². The largest absolute Gasteiger partial charge is 0.275 e. The summed E-state index contributed by atoms with van der Waals surface area (Å²) in [5, 5.41) is 4.38. The highest BCUT2D eigenvalue weighted by Gasteiger charge is 2.16. The number of halogens is 1. The summed E-state index contributed by atoms with van der Waals surface area (Å²) < 4.78 is 28.9. The summed E-state index contributed by atoms with van der Waals surface area (Å²) in [6.07, 6.45) is 4.36. The fraction of sp³-hybridized carbons (Fsp3) is 0.167. The van der Waals surface area contributed by atoms with Crippen LogP contribution in [0, 0.1) is 0 Å². The molecular weight excluding hydrogens is 358 g/mol. The molecule has 5 nitrogen and oxygen atoms in total. The van der Waals surface area contributed by atoms with Gasteiger partial charge in [0.15, 0.2) is 0 Å². The Morgan fingerprint density at radius 2 is 1.80 bits per heavy atom. The molecule has 0 saturated heterocycles. The van der Waals surface area contributed by atoms with Crippen molar-refractivity contribution in [3.8, 4) is 11.1 Å². The summed E-state index contributed by atoms with van der Waals surface area (Å²) in [7, 11) is -1.72. The summed E-state index contributed by atoms with van der Waals surface area (Å²) >= 11 is 5.96. The fourth-order valence-electron chi connectivity index (χ4n) is 2.50. The van der Waals surface area contributed by atoms with Gasteiger partial charge in [0.2, 0.25) is 10.0 Å². The van der Waals surface area contributed by atoms with Crippen LogP contribution >= 0.6 is 11.6 Å². The maximum absolute atomic E-state index is 12.3. The van der Waals surface area contributed by atoms with Crippen LogP contribution in [0.3, 0.4) is 0 Å². The summed E-state index contributed by atoms with van der Waals surface area (Å²) in [4.78, 5) is 0.101. The van der Waals surface area contributed by atoms with Crippen LogP contribution in [0.2, 0.25) is 5.02 Å². The van der Waals surface area contributed by atoms with Gasteiger partial charge in [0.1, 0.15) is 4.90 Å². The topological polar surface area (TPSA) is 64.0 Å². The van der Waals surface area contributed by atoms with Crippen molar-refractivity contribution in [3.05, 3.63) is 71.5 Å². The summed E-state index contributed by atoms with van der Waals surface area (Å²) in [5.74, 6) is 0. The molecule has 0 amide bonds. The van der Waals surface area contributed by atoms with Crippen molar-refractivity contribution < 1.29 is 8.42 Å². The Hall–Kier alpha value is -2.15. The predicted octanol–water partition coefficient (Wildman–Crippen LogP) is 3.26. The highest BCUT2D eigenvalue weighted by molar-refractivity contribution is 7.89. The zero-order valence-corrected chi connectivity index (χ0v) is 15.3. The van der Waals surface area contributed by atoms with E-state index in [0.29, 0.717) is 13.0 Å². The van der Waals surface area contributed by atoms with Crippen molar-refractivity contribution in [2.45, 2.75) is 11.3 Å². The van der Waals surface area contributed by atoms with Gasteiger partial charge in [-0.15, -0.1) is 0 Å². The average molecular weight is 376 g/mol. The number of benzene rings is 2. The van der Waals surface area contributed by atoms with Gasteiger partial charge in [-0.05, 0) is 29.7 Å². The lowest BCUT2D eigenvalue weighted by Crippen LogP contribution is -2.26. The zero-order valence-electron chi connectivity index (χ0n) is 13.7. The molecule has 3 rings (SSSR count). The van der Waals surface area contributed by atoms with E-state index in [1.165, 1.54) is 6.07 Å². The van der Waals surface area contributed by atoms with Gasteiger partial charge >= 0.3 is 0 Å². The van der Waals surface area contributed by atoms with Gasteiger partial charge in [0, 0.05) is 25.4 Å². The molecule has 0 fully saturated rings. The van der Waals surface area contributed by atoms with Crippen molar-refractivity contribution in [3.63, 3.8) is 0 Å². The van der Waals surface area contributed by atoms with E-state index in [4.69, 9.17) is 11.6 Å². The lowest BCUT2D eigenvalue weighted by molar-refractivity contribution is 0.581. The SMILES string of the molecule is Cn1cc(-c2ccc(CCNS(=O)(=O)c3ccccc3Cl)cc2)cn1. The van der Waals surface area contributed by atoms with Crippen molar-refractivity contribution in [1.82, 2.24) is 14.5 Å². The Labute approximate surface area is 152 Å². The molecule has 0 saturated carbocycles. The van der Waals surface area contributed by atoms with Crippen molar-refractivity contribution >= 4 is 21.6 Å². The molecule has 0 spiro atoms. The highest BCUT2D eigenvalue weighted by atomic mass is 35.5. The lowest BCUT2D eigenvalue weighted by Gasteiger charge is -2.08. The maximum Gasteiger partial charge on any atom is 0.242 e. The number of hydrogen-bond acceptors (Lipinski definition) is 3. The van der Waals surface area contributed by atoms with Crippen molar-refractivity contribution in [1.29, 1.82) is 0 Å². The van der Waals surface area contributed by atoms with Crippen LogP contribution in [0.15, 0.2) is 65.8 Å². The lowest BCUT2D eigenvalue weighted by atomic mass is 10.1. The molecule has 3 aromatic rings. The molecule has 0 unspecified atom stereocenters.